The molecule has 0 bridgehead atoms. The lowest BCUT2D eigenvalue weighted by Crippen LogP contribution is -2.51. The zero-order chi connectivity index (χ0) is 27.0. The number of amides is 2. The molecule has 200 valence electrons. The van der Waals surface area contributed by atoms with Crippen molar-refractivity contribution in [1.82, 2.24) is 9.80 Å². The molecule has 38 heavy (non-hydrogen) atoms. The highest BCUT2D eigenvalue weighted by molar-refractivity contribution is 6.30. The van der Waals surface area contributed by atoms with Crippen molar-refractivity contribution < 1.29 is 23.5 Å². The van der Waals surface area contributed by atoms with E-state index in [1.165, 1.54) is 24.3 Å². The molecule has 1 aliphatic rings. The molecule has 8 heteroatoms. The van der Waals surface area contributed by atoms with Gasteiger partial charge in [0.15, 0.2) is 6.61 Å². The number of benzene rings is 3. The smallest absolute Gasteiger partial charge is 0.260 e. The van der Waals surface area contributed by atoms with E-state index in [1.54, 1.807) is 29.0 Å². The average Bonchev–Trinajstić information content (AvgIpc) is 2.92. The molecule has 6 nitrogen and oxygen atoms in total. The van der Waals surface area contributed by atoms with Crippen LogP contribution in [0.3, 0.4) is 0 Å². The molecular weight excluding hydrogens is 507 g/mol. The van der Waals surface area contributed by atoms with Gasteiger partial charge in [0.1, 0.15) is 17.3 Å². The molecule has 4 rings (SSSR count). The number of rotatable bonds is 10. The van der Waals surface area contributed by atoms with Gasteiger partial charge in [-0.3, -0.25) is 9.59 Å². The van der Waals surface area contributed by atoms with Crippen LogP contribution in [0, 0.1) is 11.2 Å². The van der Waals surface area contributed by atoms with Crippen molar-refractivity contribution in [3.05, 3.63) is 95.3 Å². The van der Waals surface area contributed by atoms with E-state index in [4.69, 9.17) is 21.1 Å². The van der Waals surface area contributed by atoms with Crippen LogP contribution in [0.2, 0.25) is 5.02 Å². The van der Waals surface area contributed by atoms with Crippen molar-refractivity contribution in [1.29, 1.82) is 0 Å². The molecule has 2 amide bonds. The molecule has 0 radical (unpaired) electrons. The number of carbonyl (C=O) groups excluding carboxylic acids is 2. The van der Waals surface area contributed by atoms with Gasteiger partial charge in [0.05, 0.1) is 6.61 Å². The summed E-state index contributed by atoms with van der Waals surface area (Å²) in [6.07, 6.45) is 1.71. The third-order valence-corrected chi connectivity index (χ3v) is 6.98. The molecule has 1 aliphatic heterocycles. The molecule has 3 aromatic rings. The van der Waals surface area contributed by atoms with E-state index in [1.807, 2.05) is 42.5 Å². The van der Waals surface area contributed by atoms with E-state index in [-0.39, 0.29) is 37.3 Å². The first-order valence-electron chi connectivity index (χ1n) is 12.6. The summed E-state index contributed by atoms with van der Waals surface area (Å²) in [6, 6.07) is 22.5. The third-order valence-electron chi connectivity index (χ3n) is 6.75. The van der Waals surface area contributed by atoms with Crippen LogP contribution in [0.1, 0.15) is 24.8 Å². The fraction of sp³-hybridized carbons (Fsp3) is 0.333. The highest BCUT2D eigenvalue weighted by atomic mass is 35.5. The molecule has 1 saturated heterocycles. The minimum atomic E-state index is -0.575. The molecule has 1 unspecified atom stereocenters. The van der Waals surface area contributed by atoms with Crippen LogP contribution < -0.4 is 9.47 Å². The second-order valence-electron chi connectivity index (χ2n) is 9.82. The Balaban J connectivity index is 1.45. The maximum atomic E-state index is 13.4. The van der Waals surface area contributed by atoms with Crippen molar-refractivity contribution in [2.75, 3.05) is 33.4 Å². The standard InChI is InChI=1S/C30H32ClFN2O4/c1-33(19-23-7-3-2-4-8-23)28(35)18-30(22-38-27-10-5-9-24(31)17-27)15-6-16-34(21-30)29(36)20-37-26-13-11-25(32)12-14-26/h2-5,7-14,17H,6,15-16,18-22H2,1H3. The lowest BCUT2D eigenvalue weighted by atomic mass is 9.77. The molecule has 3 aromatic carbocycles. The summed E-state index contributed by atoms with van der Waals surface area (Å²) in [5, 5.41) is 0.564. The van der Waals surface area contributed by atoms with Crippen LogP contribution in [0.15, 0.2) is 78.9 Å². The fourth-order valence-corrected chi connectivity index (χ4v) is 4.88. The normalized spacial score (nSPS) is 17.1. The predicted molar refractivity (Wildman–Crippen MR) is 145 cm³/mol. The molecule has 0 spiro atoms. The molecular formula is C30H32ClFN2O4. The number of piperidine rings is 1. The lowest BCUT2D eigenvalue weighted by molar-refractivity contribution is -0.142. The van der Waals surface area contributed by atoms with E-state index >= 15 is 0 Å². The van der Waals surface area contributed by atoms with Gasteiger partial charge in [0.25, 0.3) is 5.91 Å². The van der Waals surface area contributed by atoms with E-state index in [0.717, 1.165) is 18.4 Å². The van der Waals surface area contributed by atoms with E-state index < -0.39 is 5.41 Å². The first-order chi connectivity index (χ1) is 18.3. The van der Waals surface area contributed by atoms with Gasteiger partial charge in [0, 0.05) is 43.5 Å². The number of ether oxygens (including phenoxy) is 2. The number of hydrogen-bond donors (Lipinski definition) is 0. The van der Waals surface area contributed by atoms with Gasteiger partial charge in [0.2, 0.25) is 5.91 Å². The van der Waals surface area contributed by atoms with Crippen molar-refractivity contribution in [3.63, 3.8) is 0 Å². The van der Waals surface area contributed by atoms with E-state index in [9.17, 15) is 14.0 Å². The Morgan fingerprint density at radius 1 is 1.00 bits per heavy atom. The number of halogens is 2. The second kappa shape index (κ2) is 12.8. The highest BCUT2D eigenvalue weighted by Gasteiger charge is 2.40. The first kappa shape index (κ1) is 27.5. The van der Waals surface area contributed by atoms with Crippen LogP contribution in [0.4, 0.5) is 4.39 Å². The van der Waals surface area contributed by atoms with Gasteiger partial charge >= 0.3 is 0 Å². The van der Waals surface area contributed by atoms with E-state index in [2.05, 4.69) is 0 Å². The summed E-state index contributed by atoms with van der Waals surface area (Å²) < 4.78 is 24.9. The molecule has 1 atom stereocenters. The van der Waals surface area contributed by atoms with Crippen LogP contribution in [-0.2, 0) is 16.1 Å². The maximum absolute atomic E-state index is 13.4. The Hall–Kier alpha value is -3.58. The van der Waals surface area contributed by atoms with Gasteiger partial charge in [-0.1, -0.05) is 48.0 Å². The van der Waals surface area contributed by atoms with Crippen molar-refractivity contribution >= 4 is 23.4 Å². The van der Waals surface area contributed by atoms with Gasteiger partial charge in [-0.05, 0) is 60.9 Å². The van der Waals surface area contributed by atoms with Crippen molar-refractivity contribution in [2.24, 2.45) is 5.41 Å². The number of likely N-dealkylation sites (tertiary alicyclic amines) is 1. The van der Waals surface area contributed by atoms with Gasteiger partial charge in [-0.15, -0.1) is 0 Å². The van der Waals surface area contributed by atoms with Crippen LogP contribution >= 0.6 is 11.6 Å². The van der Waals surface area contributed by atoms with E-state index in [0.29, 0.717) is 36.2 Å². The summed E-state index contributed by atoms with van der Waals surface area (Å²) in [6.45, 7) is 1.53. The minimum absolute atomic E-state index is 0.0135. The first-order valence-corrected chi connectivity index (χ1v) is 13.0. The maximum Gasteiger partial charge on any atom is 0.260 e. The number of nitrogens with zero attached hydrogens (tertiary/aromatic N) is 2. The summed E-state index contributed by atoms with van der Waals surface area (Å²) in [4.78, 5) is 29.9. The van der Waals surface area contributed by atoms with Crippen LogP contribution in [0.25, 0.3) is 0 Å². The second-order valence-corrected chi connectivity index (χ2v) is 10.3. The summed E-state index contributed by atoms with van der Waals surface area (Å²) in [5.41, 5.74) is 0.472. The summed E-state index contributed by atoms with van der Waals surface area (Å²) >= 11 is 6.13. The van der Waals surface area contributed by atoms with Crippen molar-refractivity contribution in [2.45, 2.75) is 25.8 Å². The molecule has 1 heterocycles. The lowest BCUT2D eigenvalue weighted by Gasteiger charge is -2.42. The zero-order valence-corrected chi connectivity index (χ0v) is 22.2. The molecule has 0 N–H and O–H groups in total. The Bertz CT molecular complexity index is 1220. The summed E-state index contributed by atoms with van der Waals surface area (Å²) in [5.74, 6) is 0.466. The Kier molecular flexibility index (Phi) is 9.24. The Morgan fingerprint density at radius 2 is 1.76 bits per heavy atom. The van der Waals surface area contributed by atoms with Crippen molar-refractivity contribution in [3.8, 4) is 11.5 Å². The topological polar surface area (TPSA) is 59.1 Å². The quantitative estimate of drug-likeness (QED) is 0.337. The number of carbonyl (C=O) groups is 2. The molecule has 0 saturated carbocycles. The average molecular weight is 539 g/mol. The van der Waals surface area contributed by atoms with Crippen LogP contribution in [0.5, 0.6) is 11.5 Å². The van der Waals surface area contributed by atoms with Gasteiger partial charge in [-0.2, -0.15) is 0 Å². The van der Waals surface area contributed by atoms with Crippen LogP contribution in [-0.4, -0.2) is 55.0 Å². The predicted octanol–water partition coefficient (Wildman–Crippen LogP) is 5.59. The van der Waals surface area contributed by atoms with Gasteiger partial charge in [-0.25, -0.2) is 4.39 Å². The Morgan fingerprint density at radius 3 is 2.50 bits per heavy atom. The Labute approximate surface area is 227 Å². The minimum Gasteiger partial charge on any atom is -0.493 e. The largest absolute Gasteiger partial charge is 0.493 e. The molecule has 0 aliphatic carbocycles. The third kappa shape index (κ3) is 7.71. The summed E-state index contributed by atoms with van der Waals surface area (Å²) in [7, 11) is 1.79. The van der Waals surface area contributed by atoms with Gasteiger partial charge < -0.3 is 19.3 Å². The fourth-order valence-electron chi connectivity index (χ4n) is 4.70. The number of hydrogen-bond acceptors (Lipinski definition) is 4. The molecule has 1 fully saturated rings. The highest BCUT2D eigenvalue weighted by Crippen LogP contribution is 2.36. The SMILES string of the molecule is CN(Cc1ccccc1)C(=O)CC1(COc2cccc(Cl)c2)CCCN(C(=O)COc2ccc(F)cc2)C1. The zero-order valence-electron chi connectivity index (χ0n) is 21.4. The molecule has 0 aromatic heterocycles. The monoisotopic (exact) mass is 538 g/mol.